The van der Waals surface area contributed by atoms with Crippen molar-refractivity contribution in [3.05, 3.63) is 52.9 Å². The van der Waals surface area contributed by atoms with Crippen LogP contribution in [0.4, 0.5) is 17.2 Å². The molecular weight excluding hydrogens is 508 g/mol. The Morgan fingerprint density at radius 2 is 1.86 bits per heavy atom. The molecule has 0 spiro atoms. The van der Waals surface area contributed by atoms with Crippen LogP contribution in [-0.2, 0) is 4.79 Å². The quantitative estimate of drug-likeness (QED) is 0.342. The summed E-state index contributed by atoms with van der Waals surface area (Å²) in [6.45, 7) is 0. The number of nitrogens with one attached hydrogen (secondary N) is 3. The van der Waals surface area contributed by atoms with Crippen LogP contribution in [0, 0.1) is 5.92 Å². The number of carboxylic acids is 1. The minimum atomic E-state index is -1.15. The number of nitrogens with zero attached hydrogens (tertiary/aromatic N) is 3. The Kier molecular flexibility index (Phi) is 8.33. The van der Waals surface area contributed by atoms with Gasteiger partial charge in [0.15, 0.2) is 17.3 Å². The Hall–Kier alpha value is -3.90. The number of carboxylic acid groups (broad SMARTS) is 1. The van der Waals surface area contributed by atoms with E-state index < -0.39 is 11.9 Å². The summed E-state index contributed by atoms with van der Waals surface area (Å²) in [6.07, 6.45) is 3.04. The molecule has 1 aliphatic rings. The number of halogens is 1. The van der Waals surface area contributed by atoms with Gasteiger partial charge < -0.3 is 25.8 Å². The molecule has 1 aliphatic carbocycles. The molecule has 11 nitrogen and oxygen atoms in total. The second-order valence-electron chi connectivity index (χ2n) is 7.70. The summed E-state index contributed by atoms with van der Waals surface area (Å²) in [4.78, 5) is 39.7. The summed E-state index contributed by atoms with van der Waals surface area (Å²) < 4.78 is 5.63. The maximum Gasteiger partial charge on any atom is 0.354 e. The molecule has 2 heterocycles. The van der Waals surface area contributed by atoms with Crippen LogP contribution >= 0.6 is 25.1 Å². The van der Waals surface area contributed by atoms with Crippen molar-refractivity contribution < 1.29 is 24.2 Å². The number of aromatic nitrogens is 3. The minimum Gasteiger partial charge on any atom is -0.494 e. The number of hydrogen-bond donors (Lipinski definition) is 4. The van der Waals surface area contributed by atoms with Crippen molar-refractivity contribution in [1.29, 1.82) is 0 Å². The number of carbonyl (C=O) groups excluding carboxylic acids is 2. The van der Waals surface area contributed by atoms with E-state index in [2.05, 4.69) is 31.1 Å². The zero-order chi connectivity index (χ0) is 25.1. The normalized spacial score (nSPS) is 12.2. The van der Waals surface area contributed by atoms with E-state index in [1.807, 2.05) is 0 Å². The van der Waals surface area contributed by atoms with E-state index in [9.17, 15) is 14.4 Å². The van der Waals surface area contributed by atoms with E-state index in [1.165, 1.54) is 32.5 Å². The van der Waals surface area contributed by atoms with E-state index in [0.717, 1.165) is 12.8 Å². The summed E-state index contributed by atoms with van der Waals surface area (Å²) in [7, 11) is 2.91. The topological polar surface area (TPSA) is 155 Å². The van der Waals surface area contributed by atoms with E-state index in [-0.39, 0.29) is 48.2 Å². The predicted octanol–water partition coefficient (Wildman–Crippen LogP) is 3.46. The Morgan fingerprint density at radius 3 is 2.44 bits per heavy atom. The predicted molar refractivity (Wildman–Crippen MR) is 139 cm³/mol. The van der Waals surface area contributed by atoms with Gasteiger partial charge in [0.25, 0.3) is 5.91 Å². The van der Waals surface area contributed by atoms with Gasteiger partial charge in [-0.15, -0.1) is 10.2 Å². The van der Waals surface area contributed by atoms with Gasteiger partial charge in [-0.05, 0) is 31.0 Å². The molecule has 0 atom stereocenters. The fraction of sp³-hybridized carbons (Fsp3) is 0.217. The molecule has 36 heavy (non-hydrogen) atoms. The van der Waals surface area contributed by atoms with Crippen LogP contribution in [0.3, 0.4) is 0 Å². The average molecular weight is 531 g/mol. The second kappa shape index (κ2) is 11.2. The van der Waals surface area contributed by atoms with Crippen molar-refractivity contribution in [2.45, 2.75) is 12.8 Å². The second-order valence-corrected chi connectivity index (χ2v) is 8.11. The fourth-order valence-corrected chi connectivity index (χ4v) is 3.62. The molecule has 1 fully saturated rings. The van der Waals surface area contributed by atoms with Crippen LogP contribution in [0.15, 0.2) is 36.5 Å². The SMILES string of the molecule is CNC(=O)c1nnc(NC(=O)C2CC2)cc1Nc1ccc(Cl)c(-c2ccc(C(=O)O)nc2)c1OC.S. The lowest BCUT2D eigenvalue weighted by molar-refractivity contribution is -0.117. The molecule has 0 bridgehead atoms. The lowest BCUT2D eigenvalue weighted by Gasteiger charge is -2.18. The number of pyridine rings is 1. The Balaban J connectivity index is 0.00000361. The number of ether oxygens (including phenoxy) is 1. The molecular formula is C23H23ClN6O5S. The summed E-state index contributed by atoms with van der Waals surface area (Å²) in [6, 6.07) is 7.71. The molecule has 4 rings (SSSR count). The van der Waals surface area contributed by atoms with Gasteiger partial charge in [0.2, 0.25) is 5.91 Å². The van der Waals surface area contributed by atoms with Crippen LogP contribution in [0.2, 0.25) is 5.02 Å². The van der Waals surface area contributed by atoms with Crippen molar-refractivity contribution in [1.82, 2.24) is 20.5 Å². The zero-order valence-corrected chi connectivity index (χ0v) is 21.0. The third kappa shape index (κ3) is 5.66. The zero-order valence-electron chi connectivity index (χ0n) is 19.3. The van der Waals surface area contributed by atoms with E-state index in [4.69, 9.17) is 21.4 Å². The Morgan fingerprint density at radius 1 is 1.11 bits per heavy atom. The standard InChI is InChI=1S/C23H21ClN6O5.H2S/c1-25-22(32)19-16(9-17(29-30-19)28-21(31)11-3-4-11)27-14-8-6-13(24)18(20(14)35-2)12-5-7-15(23(33)34)26-10-12;/h5-11H,3-4H2,1-2H3,(H,25,32)(H,33,34)(H2,27,28,29,31);1H2. The lowest BCUT2D eigenvalue weighted by Crippen LogP contribution is -2.22. The van der Waals surface area contributed by atoms with E-state index in [0.29, 0.717) is 27.6 Å². The third-order valence-electron chi connectivity index (χ3n) is 5.29. The number of methoxy groups -OCH3 is 1. The molecule has 0 unspecified atom stereocenters. The maximum absolute atomic E-state index is 12.4. The lowest BCUT2D eigenvalue weighted by atomic mass is 10.0. The van der Waals surface area contributed by atoms with Gasteiger partial charge in [-0.2, -0.15) is 13.5 Å². The first-order valence-corrected chi connectivity index (χ1v) is 10.9. The largest absolute Gasteiger partial charge is 0.494 e. The van der Waals surface area contributed by atoms with Gasteiger partial charge in [-0.3, -0.25) is 9.59 Å². The first-order chi connectivity index (χ1) is 16.8. The number of rotatable bonds is 8. The van der Waals surface area contributed by atoms with Crippen LogP contribution in [0.25, 0.3) is 11.1 Å². The van der Waals surface area contributed by atoms with Crippen molar-refractivity contribution in [2.24, 2.45) is 5.92 Å². The van der Waals surface area contributed by atoms with Crippen molar-refractivity contribution in [3.63, 3.8) is 0 Å². The number of anilines is 3. The van der Waals surface area contributed by atoms with Gasteiger partial charge in [-0.25, -0.2) is 9.78 Å². The molecule has 2 amide bonds. The summed E-state index contributed by atoms with van der Waals surface area (Å²) in [5.74, 6) is -1.30. The first-order valence-electron chi connectivity index (χ1n) is 10.6. The summed E-state index contributed by atoms with van der Waals surface area (Å²) >= 11 is 6.46. The first kappa shape index (κ1) is 26.7. The highest BCUT2D eigenvalue weighted by molar-refractivity contribution is 7.59. The van der Waals surface area contributed by atoms with Crippen molar-refractivity contribution >= 4 is 60.1 Å². The van der Waals surface area contributed by atoms with Gasteiger partial charge in [0.05, 0.1) is 23.5 Å². The highest BCUT2D eigenvalue weighted by atomic mass is 35.5. The van der Waals surface area contributed by atoms with E-state index in [1.54, 1.807) is 18.2 Å². The highest BCUT2D eigenvalue weighted by Crippen LogP contribution is 2.43. The van der Waals surface area contributed by atoms with Crippen LogP contribution in [0.5, 0.6) is 5.75 Å². The molecule has 4 N–H and O–H groups in total. The van der Waals surface area contributed by atoms with Gasteiger partial charge in [0.1, 0.15) is 5.69 Å². The molecule has 0 aliphatic heterocycles. The summed E-state index contributed by atoms with van der Waals surface area (Å²) in [5, 5.41) is 25.7. The summed E-state index contributed by atoms with van der Waals surface area (Å²) in [5.41, 5.74) is 1.59. The average Bonchev–Trinajstić information content (AvgIpc) is 3.70. The molecule has 1 aromatic carbocycles. The smallest absolute Gasteiger partial charge is 0.354 e. The molecule has 3 aromatic rings. The maximum atomic E-state index is 12.4. The number of hydrogen-bond acceptors (Lipinski definition) is 8. The third-order valence-corrected chi connectivity index (χ3v) is 5.60. The van der Waals surface area contributed by atoms with Gasteiger partial charge in [-0.1, -0.05) is 17.7 Å². The van der Waals surface area contributed by atoms with Gasteiger partial charge >= 0.3 is 5.97 Å². The van der Waals surface area contributed by atoms with E-state index >= 15 is 0 Å². The molecule has 13 heteroatoms. The monoisotopic (exact) mass is 530 g/mol. The minimum absolute atomic E-state index is 0. The Bertz CT molecular complexity index is 1320. The molecule has 188 valence electrons. The number of amides is 2. The van der Waals surface area contributed by atoms with Crippen molar-refractivity contribution in [2.75, 3.05) is 24.8 Å². The fourth-order valence-electron chi connectivity index (χ4n) is 3.36. The molecule has 1 saturated carbocycles. The van der Waals surface area contributed by atoms with Crippen LogP contribution in [-0.4, -0.2) is 52.2 Å². The Labute approximate surface area is 218 Å². The highest BCUT2D eigenvalue weighted by Gasteiger charge is 2.30. The number of aromatic carboxylic acids is 1. The number of benzene rings is 1. The number of carbonyl (C=O) groups is 3. The van der Waals surface area contributed by atoms with Crippen LogP contribution < -0.4 is 20.7 Å². The van der Waals surface area contributed by atoms with Crippen LogP contribution in [0.1, 0.15) is 33.8 Å². The molecule has 0 radical (unpaired) electrons. The van der Waals surface area contributed by atoms with Crippen molar-refractivity contribution in [3.8, 4) is 16.9 Å². The molecule has 0 saturated heterocycles. The van der Waals surface area contributed by atoms with Gasteiger partial charge in [0, 0.05) is 36.4 Å². The molecule has 2 aromatic heterocycles.